The third kappa shape index (κ3) is 2.74. The highest BCUT2D eigenvalue weighted by atomic mass is 16.4. The highest BCUT2D eigenvalue weighted by Crippen LogP contribution is 2.18. The standard InChI is InChI=1S/C10H12O2/c1-8-2-4-9(5-3-8)6-7-10(11)12/h2,4,6-7H,3,5H2,1H3,(H,11,12)/b7-6+. The van der Waals surface area contributed by atoms with Gasteiger partial charge in [0.1, 0.15) is 0 Å². The lowest BCUT2D eigenvalue weighted by molar-refractivity contribution is -0.131. The Bertz CT molecular complexity index is 270. The summed E-state index contributed by atoms with van der Waals surface area (Å²) in [7, 11) is 0. The average molecular weight is 164 g/mol. The summed E-state index contributed by atoms with van der Waals surface area (Å²) in [5, 5.41) is 8.37. The molecule has 2 nitrogen and oxygen atoms in total. The first-order chi connectivity index (χ1) is 5.68. The van der Waals surface area contributed by atoms with E-state index in [0.29, 0.717) is 0 Å². The highest BCUT2D eigenvalue weighted by molar-refractivity contribution is 5.80. The molecule has 0 fully saturated rings. The largest absolute Gasteiger partial charge is 0.478 e. The van der Waals surface area contributed by atoms with Gasteiger partial charge >= 0.3 is 5.97 Å². The van der Waals surface area contributed by atoms with Crippen molar-refractivity contribution in [2.45, 2.75) is 19.8 Å². The van der Waals surface area contributed by atoms with Crippen LogP contribution < -0.4 is 0 Å². The first kappa shape index (κ1) is 8.78. The maximum Gasteiger partial charge on any atom is 0.328 e. The predicted molar refractivity (Wildman–Crippen MR) is 47.8 cm³/mol. The van der Waals surface area contributed by atoms with Gasteiger partial charge in [0, 0.05) is 6.08 Å². The van der Waals surface area contributed by atoms with Crippen LogP contribution in [0.4, 0.5) is 0 Å². The minimum absolute atomic E-state index is 0.887. The van der Waals surface area contributed by atoms with Gasteiger partial charge in [0.2, 0.25) is 0 Å². The Hall–Kier alpha value is -1.31. The second-order valence-corrected chi connectivity index (χ2v) is 2.93. The van der Waals surface area contributed by atoms with Gasteiger partial charge in [0.25, 0.3) is 0 Å². The van der Waals surface area contributed by atoms with Crippen LogP contribution in [0.3, 0.4) is 0 Å². The molecule has 0 radical (unpaired) electrons. The van der Waals surface area contributed by atoms with Crippen LogP contribution in [0, 0.1) is 0 Å². The zero-order chi connectivity index (χ0) is 8.97. The summed E-state index contributed by atoms with van der Waals surface area (Å²) in [5.41, 5.74) is 2.44. The number of aliphatic carboxylic acids is 1. The molecule has 0 saturated heterocycles. The van der Waals surface area contributed by atoms with Crippen molar-refractivity contribution in [3.63, 3.8) is 0 Å². The molecule has 64 valence electrons. The Kier molecular flexibility index (Phi) is 2.86. The Morgan fingerprint density at radius 2 is 2.25 bits per heavy atom. The molecule has 0 bridgehead atoms. The molecule has 0 amide bonds. The molecular weight excluding hydrogens is 152 g/mol. The summed E-state index contributed by atoms with van der Waals surface area (Å²) in [5.74, 6) is -0.887. The molecule has 1 rings (SSSR count). The van der Waals surface area contributed by atoms with Gasteiger partial charge in [-0.25, -0.2) is 4.79 Å². The normalized spacial score (nSPS) is 17.4. The summed E-state index contributed by atoms with van der Waals surface area (Å²) in [4.78, 5) is 10.2. The number of hydrogen-bond donors (Lipinski definition) is 1. The van der Waals surface area contributed by atoms with Gasteiger partial charge in [-0.2, -0.15) is 0 Å². The van der Waals surface area contributed by atoms with Gasteiger partial charge in [-0.1, -0.05) is 23.8 Å². The first-order valence-corrected chi connectivity index (χ1v) is 3.96. The van der Waals surface area contributed by atoms with Gasteiger partial charge < -0.3 is 5.11 Å². The van der Waals surface area contributed by atoms with E-state index in [1.807, 2.05) is 12.2 Å². The van der Waals surface area contributed by atoms with E-state index in [1.165, 1.54) is 11.6 Å². The smallest absolute Gasteiger partial charge is 0.328 e. The van der Waals surface area contributed by atoms with Crippen LogP contribution in [-0.2, 0) is 4.79 Å². The molecule has 2 heteroatoms. The lowest BCUT2D eigenvalue weighted by Crippen LogP contribution is -1.91. The Balaban J connectivity index is 2.60. The highest BCUT2D eigenvalue weighted by Gasteiger charge is 1.99. The number of hydrogen-bond acceptors (Lipinski definition) is 1. The molecule has 0 unspecified atom stereocenters. The van der Waals surface area contributed by atoms with Crippen molar-refractivity contribution in [1.29, 1.82) is 0 Å². The number of rotatable bonds is 2. The molecular formula is C10H12O2. The van der Waals surface area contributed by atoms with Gasteiger partial charge in [-0.05, 0) is 25.3 Å². The number of allylic oxidation sites excluding steroid dienone is 5. The fourth-order valence-electron chi connectivity index (χ4n) is 1.07. The van der Waals surface area contributed by atoms with Gasteiger partial charge in [-0.3, -0.25) is 0 Å². The molecule has 0 aromatic heterocycles. The van der Waals surface area contributed by atoms with E-state index in [4.69, 9.17) is 5.11 Å². The van der Waals surface area contributed by atoms with Crippen LogP contribution >= 0.6 is 0 Å². The summed E-state index contributed by atoms with van der Waals surface area (Å²) < 4.78 is 0. The van der Waals surface area contributed by atoms with Crippen molar-refractivity contribution in [1.82, 2.24) is 0 Å². The average Bonchev–Trinajstić information content (AvgIpc) is 2.03. The van der Waals surface area contributed by atoms with E-state index < -0.39 is 5.97 Å². The number of carboxylic acid groups (broad SMARTS) is 1. The van der Waals surface area contributed by atoms with E-state index in [-0.39, 0.29) is 0 Å². The van der Waals surface area contributed by atoms with Crippen molar-refractivity contribution < 1.29 is 9.90 Å². The number of carboxylic acids is 1. The second kappa shape index (κ2) is 3.90. The molecule has 0 atom stereocenters. The lowest BCUT2D eigenvalue weighted by atomic mass is 9.99. The van der Waals surface area contributed by atoms with Crippen LogP contribution in [0.15, 0.2) is 35.5 Å². The van der Waals surface area contributed by atoms with E-state index in [1.54, 1.807) is 6.08 Å². The summed E-state index contributed by atoms with van der Waals surface area (Å²) in [6, 6.07) is 0. The monoisotopic (exact) mass is 164 g/mol. The molecule has 0 aliphatic heterocycles. The van der Waals surface area contributed by atoms with Crippen LogP contribution in [-0.4, -0.2) is 11.1 Å². The van der Waals surface area contributed by atoms with Crippen molar-refractivity contribution in [3.05, 3.63) is 35.5 Å². The predicted octanol–water partition coefficient (Wildman–Crippen LogP) is 2.29. The number of carbonyl (C=O) groups is 1. The maximum atomic E-state index is 10.2. The Labute approximate surface area is 71.9 Å². The summed E-state index contributed by atoms with van der Waals surface area (Å²) >= 11 is 0. The molecule has 0 saturated carbocycles. The van der Waals surface area contributed by atoms with Crippen molar-refractivity contribution in [2.75, 3.05) is 0 Å². The molecule has 1 N–H and O–H groups in total. The molecule has 0 aromatic rings. The van der Waals surface area contributed by atoms with Gasteiger partial charge in [0.05, 0.1) is 0 Å². The van der Waals surface area contributed by atoms with E-state index in [2.05, 4.69) is 6.92 Å². The molecule has 12 heavy (non-hydrogen) atoms. The first-order valence-electron chi connectivity index (χ1n) is 3.96. The van der Waals surface area contributed by atoms with Crippen LogP contribution in [0.1, 0.15) is 19.8 Å². The van der Waals surface area contributed by atoms with Crippen LogP contribution in [0.5, 0.6) is 0 Å². The Morgan fingerprint density at radius 1 is 1.50 bits per heavy atom. The second-order valence-electron chi connectivity index (χ2n) is 2.93. The molecule has 1 aliphatic carbocycles. The minimum Gasteiger partial charge on any atom is -0.478 e. The van der Waals surface area contributed by atoms with Gasteiger partial charge in [-0.15, -0.1) is 0 Å². The van der Waals surface area contributed by atoms with Crippen molar-refractivity contribution in [3.8, 4) is 0 Å². The van der Waals surface area contributed by atoms with Gasteiger partial charge in [0.15, 0.2) is 0 Å². The SMILES string of the molecule is CC1=CC=C(/C=C/C(=O)O)CC1. The Morgan fingerprint density at radius 3 is 2.75 bits per heavy atom. The molecule has 1 aliphatic rings. The lowest BCUT2D eigenvalue weighted by Gasteiger charge is -2.07. The molecule has 0 heterocycles. The fraction of sp³-hybridized carbons (Fsp3) is 0.300. The molecule has 0 spiro atoms. The van der Waals surface area contributed by atoms with Crippen LogP contribution in [0.2, 0.25) is 0 Å². The topological polar surface area (TPSA) is 37.3 Å². The van der Waals surface area contributed by atoms with Crippen molar-refractivity contribution >= 4 is 5.97 Å². The van der Waals surface area contributed by atoms with E-state index in [0.717, 1.165) is 18.4 Å². The maximum absolute atomic E-state index is 10.2. The van der Waals surface area contributed by atoms with Crippen LogP contribution in [0.25, 0.3) is 0 Å². The zero-order valence-corrected chi connectivity index (χ0v) is 7.08. The van der Waals surface area contributed by atoms with Crippen molar-refractivity contribution in [2.24, 2.45) is 0 Å². The fourth-order valence-corrected chi connectivity index (χ4v) is 1.07. The third-order valence-corrected chi connectivity index (χ3v) is 1.83. The summed E-state index contributed by atoms with van der Waals surface area (Å²) in [6.07, 6.45) is 8.83. The zero-order valence-electron chi connectivity index (χ0n) is 7.08. The third-order valence-electron chi connectivity index (χ3n) is 1.83. The molecule has 0 aromatic carbocycles. The summed E-state index contributed by atoms with van der Waals surface area (Å²) in [6.45, 7) is 2.08. The van der Waals surface area contributed by atoms with E-state index >= 15 is 0 Å². The van der Waals surface area contributed by atoms with E-state index in [9.17, 15) is 4.79 Å². The quantitative estimate of drug-likeness (QED) is 0.636. The minimum atomic E-state index is -0.887.